The van der Waals surface area contributed by atoms with E-state index < -0.39 is 16.3 Å². The average Bonchev–Trinajstić information content (AvgIpc) is 3.23. The van der Waals surface area contributed by atoms with Crippen LogP contribution in [0, 0.1) is 15.9 Å². The number of nitro groups is 1. The lowest BCUT2D eigenvalue weighted by molar-refractivity contribution is -0.384. The molecule has 0 aliphatic rings. The lowest BCUT2D eigenvalue weighted by atomic mass is 10.2. The van der Waals surface area contributed by atoms with Gasteiger partial charge in [-0.05, 0) is 42.5 Å². The molecule has 0 radical (unpaired) electrons. The van der Waals surface area contributed by atoms with Gasteiger partial charge in [0.2, 0.25) is 5.91 Å². The number of benzene rings is 3. The number of hydrogen-bond acceptors (Lipinski definition) is 6. The summed E-state index contributed by atoms with van der Waals surface area (Å²) >= 11 is 1.04. The second kappa shape index (κ2) is 9.03. The number of nitrogens with one attached hydrogen (secondary N) is 2. The largest absolute Gasteiger partial charge is 0.349 e. The monoisotopic (exact) mass is 489 g/mol. The third kappa shape index (κ3) is 4.36. The quantitative estimate of drug-likeness (QED) is 0.155. The van der Waals surface area contributed by atoms with Crippen molar-refractivity contribution in [3.63, 3.8) is 0 Å². The van der Waals surface area contributed by atoms with Crippen LogP contribution in [0.5, 0.6) is 0 Å². The summed E-state index contributed by atoms with van der Waals surface area (Å²) in [7, 11) is 0. The van der Waals surface area contributed by atoms with E-state index in [4.69, 9.17) is 0 Å². The number of fused-ring (bicyclic) bond motifs is 3. The van der Waals surface area contributed by atoms with E-state index in [1.54, 1.807) is 0 Å². The molecule has 9 nitrogen and oxygen atoms in total. The molecular formula is C24H16FN5O4S. The Bertz CT molecular complexity index is 1650. The zero-order valence-corrected chi connectivity index (χ0v) is 18.7. The van der Waals surface area contributed by atoms with Gasteiger partial charge < -0.3 is 10.3 Å². The summed E-state index contributed by atoms with van der Waals surface area (Å²) < 4.78 is 14.4. The van der Waals surface area contributed by atoms with Crippen molar-refractivity contribution in [1.82, 2.24) is 14.5 Å². The molecule has 0 fully saturated rings. The topological polar surface area (TPSA) is 123 Å². The highest BCUT2D eigenvalue weighted by Crippen LogP contribution is 2.27. The summed E-state index contributed by atoms with van der Waals surface area (Å²) in [5.74, 6) is -0.865. The Balaban J connectivity index is 1.55. The zero-order valence-electron chi connectivity index (χ0n) is 17.9. The van der Waals surface area contributed by atoms with Crippen LogP contribution in [-0.4, -0.2) is 31.1 Å². The molecule has 2 N–H and O–H groups in total. The van der Waals surface area contributed by atoms with Crippen LogP contribution in [0.2, 0.25) is 0 Å². The van der Waals surface area contributed by atoms with Crippen LogP contribution in [0.15, 0.2) is 82.7 Å². The maximum Gasteiger partial charge on any atom is 0.283 e. The van der Waals surface area contributed by atoms with Crippen LogP contribution in [0.3, 0.4) is 0 Å². The number of aromatic amines is 1. The van der Waals surface area contributed by atoms with Crippen molar-refractivity contribution in [3.8, 4) is 5.69 Å². The Hall–Kier alpha value is -4.51. The fourth-order valence-electron chi connectivity index (χ4n) is 3.65. The summed E-state index contributed by atoms with van der Waals surface area (Å²) in [6.45, 7) is 0. The molecule has 5 aromatic rings. The molecule has 0 saturated heterocycles. The van der Waals surface area contributed by atoms with Gasteiger partial charge in [0.25, 0.3) is 11.2 Å². The van der Waals surface area contributed by atoms with Gasteiger partial charge in [-0.25, -0.2) is 9.37 Å². The standard InChI is InChI=1S/C24H16FN5O4S/c25-14-5-7-15(8-6-14)26-20(31)13-35-24-28-21-18-3-1-2-4-19(18)27-22(21)23(32)29(24)16-9-11-17(12-10-16)30(33)34/h1-12,27H,13H2,(H,26,31). The molecule has 0 spiro atoms. The molecule has 35 heavy (non-hydrogen) atoms. The van der Waals surface area contributed by atoms with Crippen LogP contribution in [0.1, 0.15) is 0 Å². The maximum absolute atomic E-state index is 13.5. The third-order valence-corrected chi connectivity index (χ3v) is 6.21. The van der Waals surface area contributed by atoms with E-state index in [2.05, 4.69) is 15.3 Å². The normalized spacial score (nSPS) is 11.1. The molecular weight excluding hydrogens is 473 g/mol. The number of rotatable bonds is 6. The number of amides is 1. The number of H-pyrrole nitrogens is 1. The molecule has 0 saturated carbocycles. The lowest BCUT2D eigenvalue weighted by Crippen LogP contribution is -2.23. The van der Waals surface area contributed by atoms with Crippen molar-refractivity contribution in [2.45, 2.75) is 5.16 Å². The minimum absolute atomic E-state index is 0.0787. The predicted octanol–water partition coefficient (Wildman–Crippen LogP) is 4.65. The second-order valence-corrected chi connectivity index (χ2v) is 8.49. The minimum atomic E-state index is -0.527. The molecule has 3 aromatic carbocycles. The van der Waals surface area contributed by atoms with Crippen molar-refractivity contribution in [1.29, 1.82) is 0 Å². The SMILES string of the molecule is O=C(CSc1nc2c([nH]c3ccccc32)c(=O)n1-c1ccc([N+](=O)[O-])cc1)Nc1ccc(F)cc1. The minimum Gasteiger partial charge on any atom is -0.349 e. The van der Waals surface area contributed by atoms with Crippen molar-refractivity contribution in [3.05, 3.63) is 99.1 Å². The van der Waals surface area contributed by atoms with Crippen LogP contribution in [0.25, 0.3) is 27.6 Å². The van der Waals surface area contributed by atoms with Crippen molar-refractivity contribution < 1.29 is 14.1 Å². The van der Waals surface area contributed by atoms with Gasteiger partial charge in [0.15, 0.2) is 5.16 Å². The highest BCUT2D eigenvalue weighted by molar-refractivity contribution is 7.99. The van der Waals surface area contributed by atoms with Crippen LogP contribution in [-0.2, 0) is 4.79 Å². The summed E-state index contributed by atoms with van der Waals surface area (Å²) in [4.78, 5) is 44.3. The molecule has 0 atom stereocenters. The fraction of sp³-hybridized carbons (Fsp3) is 0.0417. The van der Waals surface area contributed by atoms with Gasteiger partial charge in [-0.1, -0.05) is 30.0 Å². The van der Waals surface area contributed by atoms with Gasteiger partial charge in [-0.2, -0.15) is 0 Å². The highest BCUT2D eigenvalue weighted by atomic mass is 32.2. The number of halogens is 1. The Morgan fingerprint density at radius 2 is 1.80 bits per heavy atom. The van der Waals surface area contributed by atoms with Gasteiger partial charge >= 0.3 is 0 Å². The average molecular weight is 489 g/mol. The van der Waals surface area contributed by atoms with Crippen LogP contribution < -0.4 is 10.9 Å². The first-order valence-corrected chi connectivity index (χ1v) is 11.4. The first-order valence-electron chi connectivity index (χ1n) is 10.4. The Morgan fingerprint density at radius 1 is 1.09 bits per heavy atom. The number of para-hydroxylation sites is 1. The first kappa shape index (κ1) is 22.3. The number of nitrogens with zero attached hydrogens (tertiary/aromatic N) is 3. The van der Waals surface area contributed by atoms with Crippen LogP contribution in [0.4, 0.5) is 15.8 Å². The third-order valence-electron chi connectivity index (χ3n) is 5.27. The highest BCUT2D eigenvalue weighted by Gasteiger charge is 2.19. The van der Waals surface area contributed by atoms with E-state index in [9.17, 15) is 24.1 Å². The van der Waals surface area contributed by atoms with Crippen molar-refractivity contribution in [2.24, 2.45) is 0 Å². The summed E-state index contributed by atoms with van der Waals surface area (Å²) in [5.41, 5.74) is 1.77. The Kier molecular flexibility index (Phi) is 5.75. The number of anilines is 1. The smallest absolute Gasteiger partial charge is 0.283 e. The fourth-order valence-corrected chi connectivity index (χ4v) is 4.46. The van der Waals surface area contributed by atoms with E-state index in [0.29, 0.717) is 16.9 Å². The number of thioether (sulfide) groups is 1. The molecule has 0 bridgehead atoms. The summed E-state index contributed by atoms with van der Waals surface area (Å²) in [5, 5.41) is 14.7. The number of carbonyl (C=O) groups is 1. The second-order valence-electron chi connectivity index (χ2n) is 7.55. The molecule has 0 unspecified atom stereocenters. The number of aromatic nitrogens is 3. The summed E-state index contributed by atoms with van der Waals surface area (Å²) in [6, 6.07) is 18.2. The number of nitro benzene ring substituents is 1. The van der Waals surface area contributed by atoms with Gasteiger partial charge in [0.1, 0.15) is 16.9 Å². The number of non-ortho nitro benzene ring substituents is 1. The number of carbonyl (C=O) groups excluding carboxylic acids is 1. The Morgan fingerprint density at radius 3 is 2.51 bits per heavy atom. The zero-order chi connectivity index (χ0) is 24.5. The summed E-state index contributed by atoms with van der Waals surface area (Å²) in [6.07, 6.45) is 0. The molecule has 5 rings (SSSR count). The van der Waals surface area contributed by atoms with E-state index >= 15 is 0 Å². The maximum atomic E-state index is 13.5. The molecule has 2 aromatic heterocycles. The van der Waals surface area contributed by atoms with E-state index in [-0.39, 0.29) is 28.0 Å². The van der Waals surface area contributed by atoms with E-state index in [1.165, 1.54) is 53.1 Å². The molecule has 11 heteroatoms. The molecule has 1 amide bonds. The van der Waals surface area contributed by atoms with Crippen LogP contribution >= 0.6 is 11.8 Å². The molecule has 0 aliphatic carbocycles. The molecule has 0 aliphatic heterocycles. The van der Waals surface area contributed by atoms with Gasteiger partial charge in [-0.3, -0.25) is 24.3 Å². The predicted molar refractivity (Wildman–Crippen MR) is 132 cm³/mol. The van der Waals surface area contributed by atoms with E-state index in [1.807, 2.05) is 24.3 Å². The molecule has 174 valence electrons. The number of hydrogen-bond donors (Lipinski definition) is 2. The Labute approximate surface area is 200 Å². The van der Waals surface area contributed by atoms with Crippen molar-refractivity contribution >= 4 is 51.0 Å². The van der Waals surface area contributed by atoms with Crippen molar-refractivity contribution in [2.75, 3.05) is 11.1 Å². The van der Waals surface area contributed by atoms with E-state index in [0.717, 1.165) is 22.7 Å². The lowest BCUT2D eigenvalue weighted by Gasteiger charge is -2.12. The van der Waals surface area contributed by atoms with Gasteiger partial charge in [0.05, 0.1) is 16.4 Å². The van der Waals surface area contributed by atoms with Gasteiger partial charge in [-0.15, -0.1) is 0 Å². The van der Waals surface area contributed by atoms with Gasteiger partial charge in [0, 0.05) is 28.7 Å². The first-order chi connectivity index (χ1) is 16.9. The molecule has 2 heterocycles.